The van der Waals surface area contributed by atoms with Gasteiger partial charge < -0.3 is 11.1 Å². The minimum Gasteiger partial charge on any atom is -0.376 e. The molecule has 5 heteroatoms. The molecule has 0 aliphatic heterocycles. The molecule has 0 bridgehead atoms. The van der Waals surface area contributed by atoms with Crippen LogP contribution in [-0.2, 0) is 6.42 Å². The van der Waals surface area contributed by atoms with Crippen molar-refractivity contribution in [1.82, 2.24) is 9.97 Å². The van der Waals surface area contributed by atoms with E-state index in [2.05, 4.69) is 15.3 Å². The Balaban J connectivity index is 2.89. The molecule has 0 spiro atoms. The number of thiocarbonyl (C=S) groups is 1. The van der Waals surface area contributed by atoms with E-state index in [4.69, 9.17) is 18.0 Å². The molecule has 0 unspecified atom stereocenters. The molecule has 1 rings (SSSR count). The standard InChI is InChI=1S/C7H10N4S/c1-2-5-6(11-7(8)12)3-9-4-10-5/h3-4H,2H2,1H3,(H3,8,11,12). The van der Waals surface area contributed by atoms with Crippen LogP contribution in [0.5, 0.6) is 0 Å². The molecule has 64 valence electrons. The topological polar surface area (TPSA) is 63.8 Å². The van der Waals surface area contributed by atoms with Gasteiger partial charge in [-0.05, 0) is 18.6 Å². The lowest BCUT2D eigenvalue weighted by molar-refractivity contribution is 1.00. The van der Waals surface area contributed by atoms with Crippen LogP contribution in [0.15, 0.2) is 12.5 Å². The third-order valence-corrected chi connectivity index (χ3v) is 1.49. The first-order valence-corrected chi connectivity index (χ1v) is 4.00. The van der Waals surface area contributed by atoms with Crippen LogP contribution in [0.2, 0.25) is 0 Å². The first-order chi connectivity index (χ1) is 5.74. The fourth-order valence-corrected chi connectivity index (χ4v) is 0.984. The van der Waals surface area contributed by atoms with Gasteiger partial charge in [-0.3, -0.25) is 0 Å². The van der Waals surface area contributed by atoms with Gasteiger partial charge >= 0.3 is 0 Å². The summed E-state index contributed by atoms with van der Waals surface area (Å²) in [7, 11) is 0. The number of hydrogen-bond acceptors (Lipinski definition) is 3. The number of rotatable bonds is 2. The summed E-state index contributed by atoms with van der Waals surface area (Å²) in [4.78, 5) is 7.92. The third kappa shape index (κ3) is 2.13. The first-order valence-electron chi connectivity index (χ1n) is 3.59. The molecule has 12 heavy (non-hydrogen) atoms. The van der Waals surface area contributed by atoms with Crippen molar-refractivity contribution in [2.75, 3.05) is 5.32 Å². The Hall–Kier alpha value is -1.23. The molecule has 1 heterocycles. The summed E-state index contributed by atoms with van der Waals surface area (Å²) in [6.45, 7) is 2.01. The quantitative estimate of drug-likeness (QED) is 0.659. The van der Waals surface area contributed by atoms with Crippen molar-refractivity contribution < 1.29 is 0 Å². The first kappa shape index (κ1) is 8.86. The van der Waals surface area contributed by atoms with Gasteiger partial charge in [-0.25, -0.2) is 9.97 Å². The third-order valence-electron chi connectivity index (χ3n) is 1.39. The van der Waals surface area contributed by atoms with Crippen LogP contribution in [0.3, 0.4) is 0 Å². The zero-order valence-electron chi connectivity index (χ0n) is 6.74. The highest BCUT2D eigenvalue weighted by Crippen LogP contribution is 2.09. The van der Waals surface area contributed by atoms with E-state index in [9.17, 15) is 0 Å². The Morgan fingerprint density at radius 2 is 2.50 bits per heavy atom. The second-order valence-corrected chi connectivity index (χ2v) is 2.67. The van der Waals surface area contributed by atoms with Crippen LogP contribution in [-0.4, -0.2) is 15.1 Å². The van der Waals surface area contributed by atoms with E-state index in [-0.39, 0.29) is 5.11 Å². The molecule has 1 aromatic heterocycles. The maximum Gasteiger partial charge on any atom is 0.168 e. The van der Waals surface area contributed by atoms with E-state index in [0.29, 0.717) is 0 Å². The summed E-state index contributed by atoms with van der Waals surface area (Å²) in [5.41, 5.74) is 7.01. The Bertz CT molecular complexity index is 286. The molecule has 0 atom stereocenters. The second kappa shape index (κ2) is 3.96. The largest absolute Gasteiger partial charge is 0.376 e. The lowest BCUT2D eigenvalue weighted by atomic mass is 10.3. The highest BCUT2D eigenvalue weighted by atomic mass is 32.1. The molecule has 0 radical (unpaired) electrons. The van der Waals surface area contributed by atoms with Crippen molar-refractivity contribution in [3.63, 3.8) is 0 Å². The average molecular weight is 182 g/mol. The monoisotopic (exact) mass is 182 g/mol. The van der Waals surface area contributed by atoms with Crippen LogP contribution in [0.4, 0.5) is 5.69 Å². The molecule has 0 aliphatic rings. The Morgan fingerprint density at radius 1 is 1.75 bits per heavy atom. The number of nitrogens with two attached hydrogens (primary N) is 1. The summed E-state index contributed by atoms with van der Waals surface area (Å²) < 4.78 is 0. The van der Waals surface area contributed by atoms with Gasteiger partial charge in [0.2, 0.25) is 0 Å². The fraction of sp³-hybridized carbons (Fsp3) is 0.286. The minimum atomic E-state index is 0.236. The van der Waals surface area contributed by atoms with E-state index in [1.807, 2.05) is 6.92 Å². The van der Waals surface area contributed by atoms with Crippen molar-refractivity contribution >= 4 is 23.0 Å². The van der Waals surface area contributed by atoms with Gasteiger partial charge in [0.15, 0.2) is 5.11 Å². The molecule has 4 nitrogen and oxygen atoms in total. The predicted molar refractivity (Wildman–Crippen MR) is 51.8 cm³/mol. The van der Waals surface area contributed by atoms with Gasteiger partial charge in [0, 0.05) is 0 Å². The van der Waals surface area contributed by atoms with Gasteiger partial charge in [-0.15, -0.1) is 0 Å². The molecule has 0 saturated heterocycles. The van der Waals surface area contributed by atoms with E-state index in [1.54, 1.807) is 6.20 Å². The molecular weight excluding hydrogens is 172 g/mol. The van der Waals surface area contributed by atoms with E-state index < -0.39 is 0 Å². The summed E-state index contributed by atoms with van der Waals surface area (Å²) >= 11 is 4.70. The van der Waals surface area contributed by atoms with Gasteiger partial charge in [-0.2, -0.15) is 0 Å². The molecule has 0 aromatic carbocycles. The normalized spacial score (nSPS) is 9.42. The number of hydrogen-bond donors (Lipinski definition) is 2. The van der Waals surface area contributed by atoms with E-state index in [0.717, 1.165) is 17.8 Å². The fourth-order valence-electron chi connectivity index (χ4n) is 0.874. The number of nitrogens with zero attached hydrogens (tertiary/aromatic N) is 2. The lowest BCUT2D eigenvalue weighted by Crippen LogP contribution is -2.20. The summed E-state index contributed by atoms with van der Waals surface area (Å²) in [5, 5.41) is 3.04. The SMILES string of the molecule is CCc1ncncc1NC(N)=S. The summed E-state index contributed by atoms with van der Waals surface area (Å²) in [5.74, 6) is 0. The van der Waals surface area contributed by atoms with Crippen molar-refractivity contribution in [3.05, 3.63) is 18.2 Å². The van der Waals surface area contributed by atoms with Crippen molar-refractivity contribution in [1.29, 1.82) is 0 Å². The molecule has 1 aromatic rings. The molecule has 3 N–H and O–H groups in total. The molecule has 0 amide bonds. The second-order valence-electron chi connectivity index (χ2n) is 2.23. The Kier molecular flexibility index (Phi) is 2.93. The van der Waals surface area contributed by atoms with Gasteiger partial charge in [-0.1, -0.05) is 6.92 Å². The maximum absolute atomic E-state index is 5.31. The van der Waals surface area contributed by atoms with Gasteiger partial charge in [0.1, 0.15) is 6.33 Å². The van der Waals surface area contributed by atoms with Crippen molar-refractivity contribution in [2.24, 2.45) is 5.73 Å². The lowest BCUT2D eigenvalue weighted by Gasteiger charge is -2.06. The molecule has 0 saturated carbocycles. The summed E-state index contributed by atoms with van der Waals surface area (Å²) in [6, 6.07) is 0. The van der Waals surface area contributed by atoms with Crippen LogP contribution < -0.4 is 11.1 Å². The number of aromatic nitrogens is 2. The maximum atomic E-state index is 5.31. The van der Waals surface area contributed by atoms with Gasteiger partial charge in [0.05, 0.1) is 17.6 Å². The predicted octanol–water partition coefficient (Wildman–Crippen LogP) is 0.694. The molecular formula is C7H10N4S. The van der Waals surface area contributed by atoms with Crippen LogP contribution >= 0.6 is 12.2 Å². The average Bonchev–Trinajstić information content (AvgIpc) is 2.04. The molecule has 0 aliphatic carbocycles. The minimum absolute atomic E-state index is 0.236. The van der Waals surface area contributed by atoms with Crippen molar-refractivity contribution in [2.45, 2.75) is 13.3 Å². The Labute approximate surface area is 76.2 Å². The van der Waals surface area contributed by atoms with Gasteiger partial charge in [0.25, 0.3) is 0 Å². The van der Waals surface area contributed by atoms with E-state index >= 15 is 0 Å². The number of aryl methyl sites for hydroxylation is 1. The smallest absolute Gasteiger partial charge is 0.168 e. The highest BCUT2D eigenvalue weighted by molar-refractivity contribution is 7.80. The van der Waals surface area contributed by atoms with Crippen LogP contribution in [0.1, 0.15) is 12.6 Å². The number of nitrogens with one attached hydrogen (secondary N) is 1. The summed E-state index contributed by atoms with van der Waals surface area (Å²) in [6.07, 6.45) is 3.99. The van der Waals surface area contributed by atoms with Crippen LogP contribution in [0, 0.1) is 0 Å². The zero-order chi connectivity index (χ0) is 8.97. The Morgan fingerprint density at radius 3 is 3.08 bits per heavy atom. The van der Waals surface area contributed by atoms with Crippen LogP contribution in [0.25, 0.3) is 0 Å². The highest BCUT2D eigenvalue weighted by Gasteiger charge is 2.00. The van der Waals surface area contributed by atoms with Crippen molar-refractivity contribution in [3.8, 4) is 0 Å². The number of anilines is 1. The van der Waals surface area contributed by atoms with E-state index in [1.165, 1.54) is 6.33 Å². The zero-order valence-corrected chi connectivity index (χ0v) is 7.56. The molecule has 0 fully saturated rings.